The number of nitrogens with zero attached hydrogens (tertiary/aromatic N) is 3. The molecule has 0 atom stereocenters. The van der Waals surface area contributed by atoms with Gasteiger partial charge in [0.1, 0.15) is 11.2 Å². The molecule has 4 aromatic rings. The summed E-state index contributed by atoms with van der Waals surface area (Å²) in [7, 11) is 1.71. The molecular formula is C21H19N5O3. The summed E-state index contributed by atoms with van der Waals surface area (Å²) in [5, 5.41) is 9.59. The molecule has 0 aliphatic heterocycles. The summed E-state index contributed by atoms with van der Waals surface area (Å²) in [5.74, 6) is -0.0403. The fourth-order valence-electron chi connectivity index (χ4n) is 3.00. The van der Waals surface area contributed by atoms with Gasteiger partial charge in [-0.1, -0.05) is 6.07 Å². The van der Waals surface area contributed by atoms with Crippen LogP contribution in [0.3, 0.4) is 0 Å². The van der Waals surface area contributed by atoms with Crippen LogP contribution < -0.4 is 10.6 Å². The van der Waals surface area contributed by atoms with Crippen molar-refractivity contribution in [2.24, 2.45) is 7.05 Å². The Morgan fingerprint density at radius 3 is 2.55 bits per heavy atom. The number of carbonyl (C=O) groups excluding carboxylic acids is 2. The number of carbonyl (C=O) groups is 2. The number of aromatic nitrogens is 3. The summed E-state index contributed by atoms with van der Waals surface area (Å²) < 4.78 is 7.39. The number of para-hydroxylation sites is 1. The van der Waals surface area contributed by atoms with Crippen LogP contribution >= 0.6 is 0 Å². The second-order valence-corrected chi connectivity index (χ2v) is 6.40. The smallest absolute Gasteiger partial charge is 0.273 e. The molecule has 0 unspecified atom stereocenters. The van der Waals surface area contributed by atoms with Crippen LogP contribution in [0, 0.1) is 0 Å². The molecule has 29 heavy (non-hydrogen) atoms. The third-order valence-corrected chi connectivity index (χ3v) is 4.44. The van der Waals surface area contributed by atoms with Crippen LogP contribution in [-0.4, -0.2) is 33.1 Å². The van der Waals surface area contributed by atoms with E-state index in [-0.39, 0.29) is 11.8 Å². The van der Waals surface area contributed by atoms with E-state index in [0.29, 0.717) is 40.5 Å². The van der Waals surface area contributed by atoms with Crippen molar-refractivity contribution in [2.45, 2.75) is 6.92 Å². The molecule has 8 heteroatoms. The zero-order valence-corrected chi connectivity index (χ0v) is 16.0. The first-order chi connectivity index (χ1) is 14.1. The normalized spacial score (nSPS) is 10.8. The average molecular weight is 389 g/mol. The molecule has 0 fully saturated rings. The third-order valence-electron chi connectivity index (χ3n) is 4.44. The lowest BCUT2D eigenvalue weighted by Gasteiger charge is -2.05. The van der Waals surface area contributed by atoms with Gasteiger partial charge in [-0.05, 0) is 49.4 Å². The SMILES string of the molecule is CCNC(=O)c1cccc2nc(-c3ccc(NC(=O)c4ccnn4C)cc3)oc12. The molecule has 0 aliphatic carbocycles. The highest BCUT2D eigenvalue weighted by Gasteiger charge is 2.16. The predicted molar refractivity (Wildman–Crippen MR) is 109 cm³/mol. The van der Waals surface area contributed by atoms with Gasteiger partial charge in [-0.25, -0.2) is 4.98 Å². The lowest BCUT2D eigenvalue weighted by Crippen LogP contribution is -2.22. The fourth-order valence-corrected chi connectivity index (χ4v) is 3.00. The molecule has 8 nitrogen and oxygen atoms in total. The van der Waals surface area contributed by atoms with Crippen LogP contribution in [0.15, 0.2) is 59.1 Å². The monoisotopic (exact) mass is 389 g/mol. The van der Waals surface area contributed by atoms with Crippen LogP contribution in [0.2, 0.25) is 0 Å². The van der Waals surface area contributed by atoms with Crippen molar-refractivity contribution >= 4 is 28.6 Å². The Morgan fingerprint density at radius 1 is 1.07 bits per heavy atom. The molecule has 0 saturated carbocycles. The largest absolute Gasteiger partial charge is 0.435 e. The maximum absolute atomic E-state index is 12.3. The first-order valence-corrected chi connectivity index (χ1v) is 9.14. The number of oxazole rings is 1. The van der Waals surface area contributed by atoms with E-state index in [1.807, 2.05) is 6.92 Å². The molecular weight excluding hydrogens is 370 g/mol. The lowest BCUT2D eigenvalue weighted by atomic mass is 10.2. The maximum atomic E-state index is 12.3. The van der Waals surface area contributed by atoms with Crippen molar-refractivity contribution < 1.29 is 14.0 Å². The number of anilines is 1. The van der Waals surface area contributed by atoms with E-state index < -0.39 is 0 Å². The van der Waals surface area contributed by atoms with Gasteiger partial charge in [0.15, 0.2) is 5.58 Å². The first-order valence-electron chi connectivity index (χ1n) is 9.14. The Kier molecular flexibility index (Phi) is 4.82. The number of hydrogen-bond donors (Lipinski definition) is 2. The molecule has 0 aliphatic rings. The van der Waals surface area contributed by atoms with Crippen LogP contribution in [0.4, 0.5) is 5.69 Å². The van der Waals surface area contributed by atoms with Crippen molar-refractivity contribution in [1.29, 1.82) is 0 Å². The Balaban J connectivity index is 1.58. The average Bonchev–Trinajstić information content (AvgIpc) is 3.34. The third kappa shape index (κ3) is 3.60. The summed E-state index contributed by atoms with van der Waals surface area (Å²) >= 11 is 0. The maximum Gasteiger partial charge on any atom is 0.273 e. The lowest BCUT2D eigenvalue weighted by molar-refractivity contribution is 0.0955. The van der Waals surface area contributed by atoms with Gasteiger partial charge in [-0.15, -0.1) is 0 Å². The Bertz CT molecular complexity index is 1190. The van der Waals surface area contributed by atoms with Crippen LogP contribution in [0.25, 0.3) is 22.6 Å². The molecule has 2 aromatic carbocycles. The minimum Gasteiger partial charge on any atom is -0.435 e. The number of benzene rings is 2. The predicted octanol–water partition coefficient (Wildman–Crippen LogP) is 3.23. The minimum atomic E-state index is -0.244. The zero-order chi connectivity index (χ0) is 20.4. The van der Waals surface area contributed by atoms with E-state index in [1.54, 1.807) is 61.8 Å². The summed E-state index contributed by atoms with van der Waals surface area (Å²) in [6.07, 6.45) is 1.57. The fraction of sp³-hybridized carbons (Fsp3) is 0.143. The molecule has 2 N–H and O–H groups in total. The van der Waals surface area contributed by atoms with E-state index >= 15 is 0 Å². The molecule has 146 valence electrons. The van der Waals surface area contributed by atoms with E-state index in [1.165, 1.54) is 4.68 Å². The van der Waals surface area contributed by atoms with Gasteiger partial charge in [-0.3, -0.25) is 14.3 Å². The highest BCUT2D eigenvalue weighted by atomic mass is 16.3. The van der Waals surface area contributed by atoms with Crippen LogP contribution in [-0.2, 0) is 7.05 Å². The van der Waals surface area contributed by atoms with E-state index in [9.17, 15) is 9.59 Å². The number of aryl methyl sites for hydroxylation is 1. The standard InChI is InChI=1S/C21H19N5O3/c1-3-22-19(27)15-5-4-6-16-18(15)29-21(25-16)13-7-9-14(10-8-13)24-20(28)17-11-12-23-26(17)2/h4-12H,3H2,1-2H3,(H,22,27)(H,24,28). The van der Waals surface area contributed by atoms with Crippen molar-refractivity contribution in [1.82, 2.24) is 20.1 Å². The summed E-state index contributed by atoms with van der Waals surface area (Å²) in [6, 6.07) is 14.1. The summed E-state index contributed by atoms with van der Waals surface area (Å²) in [4.78, 5) is 29.0. The quantitative estimate of drug-likeness (QED) is 0.546. The van der Waals surface area contributed by atoms with Gasteiger partial charge >= 0.3 is 0 Å². The second kappa shape index (κ2) is 7.59. The van der Waals surface area contributed by atoms with Gasteiger partial charge in [-0.2, -0.15) is 5.10 Å². The van der Waals surface area contributed by atoms with Crippen molar-refractivity contribution in [3.05, 3.63) is 66.0 Å². The molecule has 2 heterocycles. The molecule has 0 saturated heterocycles. The van der Waals surface area contributed by atoms with Crippen LogP contribution in [0.1, 0.15) is 27.8 Å². The molecule has 0 spiro atoms. The molecule has 0 bridgehead atoms. The van der Waals surface area contributed by atoms with Gasteiger partial charge in [0.2, 0.25) is 5.89 Å². The Hall–Kier alpha value is -3.94. The minimum absolute atomic E-state index is 0.200. The molecule has 2 amide bonds. The van der Waals surface area contributed by atoms with Gasteiger partial charge in [0, 0.05) is 31.0 Å². The molecule has 0 radical (unpaired) electrons. The number of amides is 2. The van der Waals surface area contributed by atoms with E-state index in [4.69, 9.17) is 4.42 Å². The molecule has 2 aromatic heterocycles. The summed E-state index contributed by atoms with van der Waals surface area (Å²) in [5.41, 5.74) is 3.34. The number of hydrogen-bond acceptors (Lipinski definition) is 5. The first kappa shape index (κ1) is 18.4. The van der Waals surface area contributed by atoms with Crippen LogP contribution in [0.5, 0.6) is 0 Å². The van der Waals surface area contributed by atoms with Crippen molar-refractivity contribution in [3.8, 4) is 11.5 Å². The number of fused-ring (bicyclic) bond motifs is 1. The summed E-state index contributed by atoms with van der Waals surface area (Å²) in [6.45, 7) is 2.39. The Morgan fingerprint density at radius 2 is 1.86 bits per heavy atom. The highest BCUT2D eigenvalue weighted by Crippen LogP contribution is 2.27. The van der Waals surface area contributed by atoms with Gasteiger partial charge in [0.05, 0.1) is 5.56 Å². The zero-order valence-electron chi connectivity index (χ0n) is 16.0. The number of nitrogens with one attached hydrogen (secondary N) is 2. The van der Waals surface area contributed by atoms with E-state index in [0.717, 1.165) is 5.56 Å². The van der Waals surface area contributed by atoms with E-state index in [2.05, 4.69) is 20.7 Å². The topological polar surface area (TPSA) is 102 Å². The number of rotatable bonds is 5. The van der Waals surface area contributed by atoms with Crippen molar-refractivity contribution in [2.75, 3.05) is 11.9 Å². The van der Waals surface area contributed by atoms with Gasteiger partial charge < -0.3 is 15.1 Å². The second-order valence-electron chi connectivity index (χ2n) is 6.40. The van der Waals surface area contributed by atoms with Gasteiger partial charge in [0.25, 0.3) is 11.8 Å². The highest BCUT2D eigenvalue weighted by molar-refractivity contribution is 6.04. The van der Waals surface area contributed by atoms with Crippen molar-refractivity contribution in [3.63, 3.8) is 0 Å². The Labute approximate surface area is 166 Å². The molecule has 4 rings (SSSR count).